The molecule has 2 atom stereocenters. The zero-order valence-corrected chi connectivity index (χ0v) is 17.2. The molecule has 5 nitrogen and oxygen atoms in total. The molecule has 1 aromatic carbocycles. The Morgan fingerprint density at radius 3 is 2.41 bits per heavy atom. The van der Waals surface area contributed by atoms with Gasteiger partial charge in [0, 0.05) is 25.6 Å². The first-order valence-corrected chi connectivity index (χ1v) is 11.0. The Morgan fingerprint density at radius 2 is 1.72 bits per heavy atom. The van der Waals surface area contributed by atoms with Crippen molar-refractivity contribution in [3.63, 3.8) is 0 Å². The van der Waals surface area contributed by atoms with Crippen LogP contribution in [-0.4, -0.2) is 54.5 Å². The highest BCUT2D eigenvalue weighted by Gasteiger charge is 2.39. The van der Waals surface area contributed by atoms with Crippen LogP contribution in [0, 0.1) is 24.6 Å². The minimum absolute atomic E-state index is 0.0660. The topological polar surface area (TPSA) is 49.9 Å². The quantitative estimate of drug-likeness (QED) is 0.778. The Bertz CT molecular complexity index is 756. The summed E-state index contributed by atoms with van der Waals surface area (Å²) in [6.45, 7) is 4.66. The third-order valence-corrected chi connectivity index (χ3v) is 6.81. The number of hydrogen-bond donors (Lipinski definition) is 0. The van der Waals surface area contributed by atoms with Crippen molar-refractivity contribution < 1.29 is 18.7 Å². The van der Waals surface area contributed by atoms with Gasteiger partial charge in [-0.1, -0.05) is 25.0 Å². The lowest BCUT2D eigenvalue weighted by molar-refractivity contribution is -0.147. The molecule has 3 fully saturated rings. The van der Waals surface area contributed by atoms with Crippen LogP contribution in [0.1, 0.15) is 55.7 Å². The lowest BCUT2D eigenvalue weighted by Gasteiger charge is -2.42. The lowest BCUT2D eigenvalue weighted by Crippen LogP contribution is -2.51. The average molecular weight is 403 g/mol. The highest BCUT2D eigenvalue weighted by molar-refractivity contribution is 5.83. The van der Waals surface area contributed by atoms with E-state index >= 15 is 0 Å². The number of aryl methyl sites for hydroxylation is 1. The van der Waals surface area contributed by atoms with Crippen molar-refractivity contribution in [1.82, 2.24) is 9.80 Å². The molecule has 29 heavy (non-hydrogen) atoms. The number of benzene rings is 1. The molecule has 2 amide bonds. The van der Waals surface area contributed by atoms with Crippen LogP contribution in [0.2, 0.25) is 0 Å². The van der Waals surface area contributed by atoms with E-state index < -0.39 is 0 Å². The second-order valence-electron chi connectivity index (χ2n) is 8.71. The van der Waals surface area contributed by atoms with Gasteiger partial charge in [-0.25, -0.2) is 4.39 Å². The second kappa shape index (κ2) is 8.82. The number of piperidine rings is 1. The van der Waals surface area contributed by atoms with Crippen LogP contribution in [-0.2, 0) is 14.3 Å². The van der Waals surface area contributed by atoms with Gasteiger partial charge in [0.15, 0.2) is 0 Å². The first-order valence-electron chi connectivity index (χ1n) is 11.0. The Morgan fingerprint density at radius 1 is 1.00 bits per heavy atom. The third kappa shape index (κ3) is 4.32. The molecule has 0 N–H and O–H groups in total. The van der Waals surface area contributed by atoms with Crippen LogP contribution in [0.3, 0.4) is 0 Å². The number of rotatable bonds is 3. The monoisotopic (exact) mass is 402 g/mol. The van der Waals surface area contributed by atoms with Gasteiger partial charge in [-0.2, -0.15) is 0 Å². The molecule has 3 aliphatic rings. The maximum absolute atomic E-state index is 13.8. The van der Waals surface area contributed by atoms with E-state index in [0.29, 0.717) is 38.4 Å². The summed E-state index contributed by atoms with van der Waals surface area (Å²) in [5.74, 6) is 0.00588. The fourth-order valence-corrected chi connectivity index (χ4v) is 5.09. The van der Waals surface area contributed by atoms with Gasteiger partial charge in [0.1, 0.15) is 5.82 Å². The Hall–Kier alpha value is -1.95. The van der Waals surface area contributed by atoms with E-state index in [4.69, 9.17) is 4.74 Å². The van der Waals surface area contributed by atoms with Crippen molar-refractivity contribution in [3.05, 3.63) is 35.1 Å². The average Bonchev–Trinajstić information content (AvgIpc) is 3.30. The highest BCUT2D eigenvalue weighted by Crippen LogP contribution is 2.38. The fourth-order valence-electron chi connectivity index (χ4n) is 5.09. The molecule has 0 radical (unpaired) electrons. The molecule has 0 unspecified atom stereocenters. The summed E-state index contributed by atoms with van der Waals surface area (Å²) in [7, 11) is 0. The molecule has 4 rings (SSSR count). The summed E-state index contributed by atoms with van der Waals surface area (Å²) in [6, 6.07) is 5.08. The van der Waals surface area contributed by atoms with Crippen LogP contribution in [0.25, 0.3) is 0 Å². The van der Waals surface area contributed by atoms with Gasteiger partial charge < -0.3 is 14.5 Å². The molecule has 0 spiro atoms. The van der Waals surface area contributed by atoms with E-state index in [-0.39, 0.29) is 35.5 Å². The molecule has 158 valence electrons. The van der Waals surface area contributed by atoms with Crippen LogP contribution < -0.4 is 0 Å². The second-order valence-corrected chi connectivity index (χ2v) is 8.71. The molecule has 1 saturated carbocycles. The van der Waals surface area contributed by atoms with Gasteiger partial charge in [0.2, 0.25) is 11.8 Å². The largest absolute Gasteiger partial charge is 0.378 e. The normalized spacial score (nSPS) is 26.0. The van der Waals surface area contributed by atoms with Crippen molar-refractivity contribution in [3.8, 4) is 0 Å². The van der Waals surface area contributed by atoms with E-state index in [9.17, 15) is 14.0 Å². The molecule has 6 heteroatoms. The standard InChI is InChI=1S/C23H31FN2O3/c1-16-14-18(6-8-20(16)24)21-9-7-19(22(27)25-10-12-29-13-11-25)15-26(21)23(28)17-4-2-3-5-17/h6,8,14,17,19,21H,2-5,7,9-13,15H2,1H3/t19-,21-/m1/s1. The first-order chi connectivity index (χ1) is 14.0. The minimum atomic E-state index is -0.224. The molecule has 2 aliphatic heterocycles. The zero-order chi connectivity index (χ0) is 20.4. The van der Waals surface area contributed by atoms with Crippen LogP contribution >= 0.6 is 0 Å². The lowest BCUT2D eigenvalue weighted by atomic mass is 9.86. The Balaban J connectivity index is 1.56. The summed E-state index contributed by atoms with van der Waals surface area (Å²) in [4.78, 5) is 30.3. The van der Waals surface area contributed by atoms with E-state index in [1.54, 1.807) is 13.0 Å². The third-order valence-electron chi connectivity index (χ3n) is 6.81. The number of hydrogen-bond acceptors (Lipinski definition) is 3. The minimum Gasteiger partial charge on any atom is -0.378 e. The number of ether oxygens (including phenoxy) is 1. The summed E-state index contributed by atoms with van der Waals surface area (Å²) >= 11 is 0. The maximum atomic E-state index is 13.8. The molecule has 0 aromatic heterocycles. The number of carbonyl (C=O) groups excluding carboxylic acids is 2. The van der Waals surface area contributed by atoms with Gasteiger partial charge in [0.25, 0.3) is 0 Å². The van der Waals surface area contributed by atoms with Crippen molar-refractivity contribution >= 4 is 11.8 Å². The van der Waals surface area contributed by atoms with E-state index in [1.165, 1.54) is 6.07 Å². The highest BCUT2D eigenvalue weighted by atomic mass is 19.1. The SMILES string of the molecule is Cc1cc([C@H]2CC[C@@H](C(=O)N3CCOCC3)CN2C(=O)C2CCCC2)ccc1F. The molecular weight excluding hydrogens is 371 g/mol. The Labute approximate surface area is 172 Å². The molecule has 0 bridgehead atoms. The number of halogens is 1. The van der Waals surface area contributed by atoms with Crippen LogP contribution in [0.4, 0.5) is 4.39 Å². The Kier molecular flexibility index (Phi) is 6.18. The van der Waals surface area contributed by atoms with Crippen molar-refractivity contribution in [2.45, 2.75) is 51.5 Å². The fraction of sp³-hybridized carbons (Fsp3) is 0.652. The number of amides is 2. The summed E-state index contributed by atoms with van der Waals surface area (Å²) in [5, 5.41) is 0. The van der Waals surface area contributed by atoms with Crippen molar-refractivity contribution in [2.75, 3.05) is 32.8 Å². The number of nitrogens with zero attached hydrogens (tertiary/aromatic N) is 2. The van der Waals surface area contributed by atoms with E-state index in [1.807, 2.05) is 15.9 Å². The van der Waals surface area contributed by atoms with Crippen molar-refractivity contribution in [2.24, 2.45) is 11.8 Å². The summed E-state index contributed by atoms with van der Waals surface area (Å²) < 4.78 is 19.2. The predicted octanol–water partition coefficient (Wildman–Crippen LogP) is 3.46. The smallest absolute Gasteiger partial charge is 0.227 e. The van der Waals surface area contributed by atoms with Gasteiger partial charge in [-0.05, 0) is 49.8 Å². The summed E-state index contributed by atoms with van der Waals surface area (Å²) in [6.07, 6.45) is 5.57. The van der Waals surface area contributed by atoms with Gasteiger partial charge >= 0.3 is 0 Å². The van der Waals surface area contributed by atoms with Gasteiger partial charge in [-0.15, -0.1) is 0 Å². The molecule has 1 aromatic rings. The van der Waals surface area contributed by atoms with Crippen LogP contribution in [0.5, 0.6) is 0 Å². The van der Waals surface area contributed by atoms with E-state index in [0.717, 1.165) is 44.1 Å². The predicted molar refractivity (Wildman–Crippen MR) is 108 cm³/mol. The van der Waals surface area contributed by atoms with Crippen LogP contribution in [0.15, 0.2) is 18.2 Å². The molecular formula is C23H31FN2O3. The van der Waals surface area contributed by atoms with Gasteiger partial charge in [0.05, 0.1) is 25.2 Å². The number of carbonyl (C=O) groups is 2. The van der Waals surface area contributed by atoms with Crippen molar-refractivity contribution in [1.29, 1.82) is 0 Å². The molecule has 2 saturated heterocycles. The van der Waals surface area contributed by atoms with Gasteiger partial charge in [-0.3, -0.25) is 9.59 Å². The number of morpholine rings is 1. The summed E-state index contributed by atoms with van der Waals surface area (Å²) in [5.41, 5.74) is 1.58. The first kappa shape index (κ1) is 20.3. The number of likely N-dealkylation sites (tertiary alicyclic amines) is 1. The maximum Gasteiger partial charge on any atom is 0.227 e. The zero-order valence-electron chi connectivity index (χ0n) is 17.2. The molecule has 1 aliphatic carbocycles. The van der Waals surface area contributed by atoms with E-state index in [2.05, 4.69) is 0 Å². The molecule has 2 heterocycles.